The van der Waals surface area contributed by atoms with Crippen LogP contribution in [0.4, 0.5) is 0 Å². The first-order chi connectivity index (χ1) is 16.9. The fraction of sp³-hybridized carbons (Fsp3) is 0.480. The van der Waals surface area contributed by atoms with Crippen molar-refractivity contribution in [2.75, 3.05) is 12.9 Å². The lowest BCUT2D eigenvalue weighted by Crippen LogP contribution is -2.41. The average Bonchev–Trinajstić information content (AvgIpc) is 3.25. The van der Waals surface area contributed by atoms with E-state index >= 15 is 0 Å². The first-order valence-corrected chi connectivity index (χ1v) is 13.9. The molecule has 10 heteroatoms. The molecule has 4 rings (SSSR count). The van der Waals surface area contributed by atoms with Gasteiger partial charge in [0.05, 0.1) is 18.6 Å². The molecular formula is C25H32N6O2S2. The zero-order valence-electron chi connectivity index (χ0n) is 20.7. The number of aryl methyl sites for hydroxylation is 2. The molecule has 2 heterocycles. The van der Waals surface area contributed by atoms with Crippen molar-refractivity contribution in [1.82, 2.24) is 30.0 Å². The number of carbonyl (C=O) groups excluding carboxylic acids is 1. The van der Waals surface area contributed by atoms with Crippen LogP contribution < -0.4 is 10.1 Å². The van der Waals surface area contributed by atoms with Crippen molar-refractivity contribution in [3.63, 3.8) is 0 Å². The maximum Gasteiger partial charge on any atom is 0.230 e. The highest BCUT2D eigenvalue weighted by Crippen LogP contribution is 2.28. The van der Waals surface area contributed by atoms with E-state index in [0.29, 0.717) is 27.7 Å². The molecule has 1 N–H and O–H groups in total. The first kappa shape index (κ1) is 25.5. The van der Waals surface area contributed by atoms with Crippen molar-refractivity contribution >= 4 is 29.4 Å². The summed E-state index contributed by atoms with van der Waals surface area (Å²) in [5.41, 5.74) is 2.79. The lowest BCUT2D eigenvalue weighted by atomic mass is 9.86. The van der Waals surface area contributed by atoms with E-state index in [1.54, 1.807) is 7.11 Å². The number of rotatable bonds is 9. The molecule has 3 aromatic rings. The summed E-state index contributed by atoms with van der Waals surface area (Å²) >= 11 is 2.92. The van der Waals surface area contributed by atoms with Crippen LogP contribution >= 0.6 is 23.5 Å². The van der Waals surface area contributed by atoms with Crippen molar-refractivity contribution < 1.29 is 9.53 Å². The van der Waals surface area contributed by atoms with E-state index in [0.717, 1.165) is 35.1 Å². The van der Waals surface area contributed by atoms with Gasteiger partial charge in [0.25, 0.3) is 0 Å². The third-order valence-corrected chi connectivity index (χ3v) is 7.89. The molecule has 1 fully saturated rings. The van der Waals surface area contributed by atoms with Crippen LogP contribution in [0.2, 0.25) is 0 Å². The van der Waals surface area contributed by atoms with Crippen molar-refractivity contribution in [2.45, 2.75) is 68.6 Å². The quantitative estimate of drug-likeness (QED) is 0.324. The lowest BCUT2D eigenvalue weighted by molar-refractivity contribution is -0.119. The van der Waals surface area contributed by atoms with Gasteiger partial charge in [-0.2, -0.15) is 0 Å². The molecule has 186 valence electrons. The molecule has 0 aliphatic heterocycles. The summed E-state index contributed by atoms with van der Waals surface area (Å²) in [5.74, 6) is 2.96. The molecule has 35 heavy (non-hydrogen) atoms. The fourth-order valence-corrected chi connectivity index (χ4v) is 5.92. The maximum atomic E-state index is 12.7. The molecule has 8 nitrogen and oxygen atoms in total. The minimum Gasteiger partial charge on any atom is -0.497 e. The third kappa shape index (κ3) is 6.76. The van der Waals surface area contributed by atoms with E-state index in [1.807, 2.05) is 48.7 Å². The summed E-state index contributed by atoms with van der Waals surface area (Å²) in [7, 11) is 1.65. The minimum absolute atomic E-state index is 0.0394. The molecule has 1 aromatic carbocycles. The van der Waals surface area contributed by atoms with Crippen LogP contribution in [0, 0.1) is 19.8 Å². The van der Waals surface area contributed by atoms with Crippen LogP contribution in [0.5, 0.6) is 5.75 Å². The second kappa shape index (κ2) is 11.9. The Morgan fingerprint density at radius 3 is 2.49 bits per heavy atom. The molecule has 1 amide bonds. The number of benzene rings is 1. The highest BCUT2D eigenvalue weighted by atomic mass is 32.2. The van der Waals surface area contributed by atoms with Crippen LogP contribution in [0.15, 0.2) is 40.6 Å². The molecule has 1 aliphatic rings. The number of aromatic nitrogens is 5. The molecule has 1 aliphatic carbocycles. The molecule has 2 aromatic heterocycles. The van der Waals surface area contributed by atoms with Crippen LogP contribution in [-0.2, 0) is 10.5 Å². The average molecular weight is 513 g/mol. The molecular weight excluding hydrogens is 480 g/mol. The van der Waals surface area contributed by atoms with Crippen molar-refractivity contribution in [2.24, 2.45) is 5.92 Å². The van der Waals surface area contributed by atoms with Crippen molar-refractivity contribution in [3.8, 4) is 11.4 Å². The van der Waals surface area contributed by atoms with Gasteiger partial charge in [0, 0.05) is 23.1 Å². The number of methoxy groups -OCH3 is 1. The predicted molar refractivity (Wildman–Crippen MR) is 139 cm³/mol. The van der Waals surface area contributed by atoms with E-state index in [-0.39, 0.29) is 11.9 Å². The van der Waals surface area contributed by atoms with Gasteiger partial charge in [0.1, 0.15) is 11.6 Å². The van der Waals surface area contributed by atoms with Gasteiger partial charge < -0.3 is 10.1 Å². The van der Waals surface area contributed by atoms with Crippen molar-refractivity contribution in [1.29, 1.82) is 0 Å². The lowest BCUT2D eigenvalue weighted by Gasteiger charge is -2.29. The molecule has 0 bridgehead atoms. The highest BCUT2D eigenvalue weighted by Gasteiger charge is 2.23. The normalized spacial score (nSPS) is 17.8. The topological polar surface area (TPSA) is 94.8 Å². The van der Waals surface area contributed by atoms with Gasteiger partial charge in [-0.1, -0.05) is 43.3 Å². The second-order valence-corrected chi connectivity index (χ2v) is 10.8. The molecule has 0 saturated heterocycles. The van der Waals surface area contributed by atoms with Crippen LogP contribution in [0.25, 0.3) is 5.69 Å². The molecule has 0 unspecified atom stereocenters. The summed E-state index contributed by atoms with van der Waals surface area (Å²) < 4.78 is 7.31. The SMILES string of the molecule is COc1ccc(-n2c(CSc3nc(C)cc(C)n3)nnc2SCC(=O)N[C@@H]2CCCC[C@@H]2C)cc1. The van der Waals surface area contributed by atoms with Gasteiger partial charge in [0.15, 0.2) is 10.3 Å². The summed E-state index contributed by atoms with van der Waals surface area (Å²) in [6, 6.07) is 9.98. The van der Waals surface area contributed by atoms with Crippen molar-refractivity contribution in [3.05, 3.63) is 47.5 Å². The number of ether oxygens (including phenoxy) is 1. The zero-order chi connectivity index (χ0) is 24.8. The molecule has 1 saturated carbocycles. The first-order valence-electron chi connectivity index (χ1n) is 11.9. The molecule has 2 atom stereocenters. The Morgan fingerprint density at radius 2 is 1.80 bits per heavy atom. The van der Waals surface area contributed by atoms with Gasteiger partial charge in [-0.05, 0) is 62.9 Å². The minimum atomic E-state index is 0.0394. The number of nitrogens with one attached hydrogen (secondary N) is 1. The number of hydrogen-bond donors (Lipinski definition) is 1. The summed E-state index contributed by atoms with van der Waals surface area (Å²) in [5, 5.41) is 13.5. The fourth-order valence-electron chi connectivity index (χ4n) is 4.27. The maximum absolute atomic E-state index is 12.7. The van der Waals surface area contributed by atoms with E-state index in [1.165, 1.54) is 42.8 Å². The van der Waals surface area contributed by atoms with E-state index in [2.05, 4.69) is 32.4 Å². The van der Waals surface area contributed by atoms with Gasteiger partial charge in [-0.15, -0.1) is 10.2 Å². The number of carbonyl (C=O) groups is 1. The van der Waals surface area contributed by atoms with Gasteiger partial charge in [-0.25, -0.2) is 9.97 Å². The standard InChI is InChI=1S/C25H32N6O2S2/c1-16-7-5-6-8-21(16)28-23(32)15-35-25-30-29-22(14-34-24-26-17(2)13-18(3)27-24)31(25)19-9-11-20(33-4)12-10-19/h9-13,16,21H,5-8,14-15H2,1-4H3,(H,28,32)/t16-,21+/m0/s1. The Labute approximate surface area is 215 Å². The second-order valence-electron chi connectivity index (χ2n) is 8.88. The summed E-state index contributed by atoms with van der Waals surface area (Å²) in [6.45, 7) is 6.15. The smallest absolute Gasteiger partial charge is 0.230 e. The zero-order valence-corrected chi connectivity index (χ0v) is 22.3. The van der Waals surface area contributed by atoms with Crippen LogP contribution in [0.1, 0.15) is 49.8 Å². The third-order valence-electron chi connectivity index (χ3n) is 6.11. The van der Waals surface area contributed by atoms with Crippen LogP contribution in [-0.4, -0.2) is 49.5 Å². The number of amides is 1. The Bertz CT molecular complexity index is 1130. The van der Waals surface area contributed by atoms with E-state index < -0.39 is 0 Å². The largest absolute Gasteiger partial charge is 0.497 e. The Morgan fingerprint density at radius 1 is 1.09 bits per heavy atom. The number of thioether (sulfide) groups is 2. The monoisotopic (exact) mass is 512 g/mol. The number of nitrogens with zero attached hydrogens (tertiary/aromatic N) is 5. The molecule has 0 radical (unpaired) electrons. The van der Waals surface area contributed by atoms with E-state index in [9.17, 15) is 4.79 Å². The Balaban J connectivity index is 1.50. The molecule has 0 spiro atoms. The van der Waals surface area contributed by atoms with Gasteiger partial charge in [0.2, 0.25) is 5.91 Å². The Hall–Kier alpha value is -2.59. The van der Waals surface area contributed by atoms with E-state index in [4.69, 9.17) is 4.74 Å². The number of hydrogen-bond acceptors (Lipinski definition) is 8. The van der Waals surface area contributed by atoms with Gasteiger partial charge >= 0.3 is 0 Å². The predicted octanol–water partition coefficient (Wildman–Crippen LogP) is 4.76. The summed E-state index contributed by atoms with van der Waals surface area (Å²) in [6.07, 6.45) is 4.66. The highest BCUT2D eigenvalue weighted by molar-refractivity contribution is 7.99. The van der Waals surface area contributed by atoms with Gasteiger partial charge in [-0.3, -0.25) is 9.36 Å². The summed E-state index contributed by atoms with van der Waals surface area (Å²) in [4.78, 5) is 21.8. The Kier molecular flexibility index (Phi) is 8.67. The van der Waals surface area contributed by atoms with Crippen LogP contribution in [0.3, 0.4) is 0 Å².